The van der Waals surface area contributed by atoms with Crippen molar-refractivity contribution in [2.24, 2.45) is 11.8 Å². The fourth-order valence-electron chi connectivity index (χ4n) is 5.28. The second-order valence-corrected chi connectivity index (χ2v) is 8.81. The van der Waals surface area contributed by atoms with Crippen LogP contribution in [0.4, 0.5) is 14.6 Å². The highest BCUT2D eigenvalue weighted by Crippen LogP contribution is 2.44. The minimum Gasteiger partial charge on any atom is -0.507 e. The molecule has 31 heavy (non-hydrogen) atoms. The Bertz CT molecular complexity index is 1080. The molecule has 2 aliphatic carbocycles. The molecule has 0 aliphatic heterocycles. The number of phenols is 1. The highest BCUT2D eigenvalue weighted by atomic mass is 19.3. The third-order valence-electron chi connectivity index (χ3n) is 6.85. The lowest BCUT2D eigenvalue weighted by Gasteiger charge is -2.35. The molecule has 0 saturated heterocycles. The van der Waals surface area contributed by atoms with Crippen LogP contribution in [0.25, 0.3) is 22.0 Å². The lowest BCUT2D eigenvalue weighted by molar-refractivity contribution is -0.0497. The summed E-state index contributed by atoms with van der Waals surface area (Å²) in [6.07, 6.45) is 6.54. The van der Waals surface area contributed by atoms with Gasteiger partial charge < -0.3 is 14.7 Å². The van der Waals surface area contributed by atoms with Crippen LogP contribution >= 0.6 is 0 Å². The molecule has 0 amide bonds. The van der Waals surface area contributed by atoms with E-state index in [1.807, 2.05) is 12.1 Å². The van der Waals surface area contributed by atoms with Gasteiger partial charge in [0, 0.05) is 18.7 Å². The Morgan fingerprint density at radius 1 is 0.968 bits per heavy atom. The summed E-state index contributed by atoms with van der Waals surface area (Å²) in [4.78, 5) is 2.24. The van der Waals surface area contributed by atoms with Crippen LogP contribution in [0.5, 0.6) is 11.5 Å². The lowest BCUT2D eigenvalue weighted by atomic mass is 9.85. The van der Waals surface area contributed by atoms with Crippen molar-refractivity contribution >= 4 is 16.6 Å². The van der Waals surface area contributed by atoms with Crippen LogP contribution < -0.4 is 9.64 Å². The molecular weight excluding hydrogens is 400 g/mol. The lowest BCUT2D eigenvalue weighted by Crippen LogP contribution is -2.37. The largest absolute Gasteiger partial charge is 0.507 e. The summed E-state index contributed by atoms with van der Waals surface area (Å²) in [5.74, 6) is 2.60. The van der Waals surface area contributed by atoms with Gasteiger partial charge in [-0.1, -0.05) is 18.9 Å². The number of benzene rings is 2. The van der Waals surface area contributed by atoms with Gasteiger partial charge in [0.2, 0.25) is 0 Å². The number of nitrogens with zero attached hydrogens (tertiary/aromatic N) is 3. The maximum Gasteiger partial charge on any atom is 0.387 e. The molecule has 2 bridgehead atoms. The molecule has 162 valence electrons. The predicted molar refractivity (Wildman–Crippen MR) is 116 cm³/mol. The first-order valence-electron chi connectivity index (χ1n) is 10.7. The predicted octanol–water partition coefficient (Wildman–Crippen LogP) is 5.62. The smallest absolute Gasteiger partial charge is 0.387 e. The number of rotatable bonds is 5. The molecule has 0 unspecified atom stereocenters. The first kappa shape index (κ1) is 20.0. The van der Waals surface area contributed by atoms with Crippen molar-refractivity contribution in [3.8, 4) is 22.8 Å². The molecule has 0 radical (unpaired) electrons. The van der Waals surface area contributed by atoms with Gasteiger partial charge in [0.25, 0.3) is 0 Å². The summed E-state index contributed by atoms with van der Waals surface area (Å²) in [6, 6.07) is 12.3. The zero-order valence-electron chi connectivity index (χ0n) is 17.3. The molecule has 7 heteroatoms. The number of anilines is 1. The maximum absolute atomic E-state index is 12.4. The zero-order chi connectivity index (χ0) is 21.5. The Morgan fingerprint density at radius 2 is 1.74 bits per heavy atom. The van der Waals surface area contributed by atoms with E-state index in [0.717, 1.165) is 23.0 Å². The molecule has 2 saturated carbocycles. The molecule has 5 rings (SSSR count). The van der Waals surface area contributed by atoms with Gasteiger partial charge in [-0.3, -0.25) is 0 Å². The van der Waals surface area contributed by atoms with Gasteiger partial charge in [0.05, 0.1) is 5.69 Å². The topological polar surface area (TPSA) is 58.5 Å². The summed E-state index contributed by atoms with van der Waals surface area (Å²) in [7, 11) is 2.09. The molecule has 5 nitrogen and oxygen atoms in total. The van der Waals surface area contributed by atoms with Crippen molar-refractivity contribution in [1.29, 1.82) is 0 Å². The normalized spacial score (nSPS) is 22.8. The minimum absolute atomic E-state index is 0.0148. The summed E-state index contributed by atoms with van der Waals surface area (Å²) >= 11 is 0. The highest BCUT2D eigenvalue weighted by Gasteiger charge is 2.36. The first-order valence-corrected chi connectivity index (χ1v) is 10.7. The van der Waals surface area contributed by atoms with Crippen LogP contribution in [-0.4, -0.2) is 35.0 Å². The van der Waals surface area contributed by atoms with Crippen molar-refractivity contribution in [3.05, 3.63) is 42.5 Å². The number of aromatic nitrogens is 2. The molecule has 1 N–H and O–H groups in total. The minimum atomic E-state index is -2.89. The van der Waals surface area contributed by atoms with Crippen molar-refractivity contribution in [3.63, 3.8) is 0 Å². The SMILES string of the molecule is CN(c1ccc(-c2cc3ccc(OC(F)F)cc3cc2O)nn1)[C@H]1C[C@@H]2CC[C@@H](C2)C1. The molecule has 2 fully saturated rings. The maximum atomic E-state index is 12.4. The van der Waals surface area contributed by atoms with Crippen LogP contribution in [0.15, 0.2) is 42.5 Å². The van der Waals surface area contributed by atoms with Crippen LogP contribution in [0.2, 0.25) is 0 Å². The molecule has 3 aromatic rings. The quantitative estimate of drug-likeness (QED) is 0.575. The Kier molecular flexibility index (Phi) is 5.12. The summed E-state index contributed by atoms with van der Waals surface area (Å²) in [5.41, 5.74) is 1.11. The number of phenolic OH excluding ortho intramolecular Hbond substituents is 1. The Labute approximate surface area is 179 Å². The number of halogens is 2. The van der Waals surface area contributed by atoms with Gasteiger partial charge in [0.1, 0.15) is 11.5 Å². The van der Waals surface area contributed by atoms with Crippen molar-refractivity contribution in [1.82, 2.24) is 10.2 Å². The van der Waals surface area contributed by atoms with Crippen LogP contribution in [-0.2, 0) is 0 Å². The molecule has 2 aromatic carbocycles. The Morgan fingerprint density at radius 3 is 2.42 bits per heavy atom. The molecule has 0 spiro atoms. The second kappa shape index (κ2) is 7.94. The van der Waals surface area contributed by atoms with Gasteiger partial charge in [-0.2, -0.15) is 8.78 Å². The number of aromatic hydroxyl groups is 1. The fourth-order valence-corrected chi connectivity index (χ4v) is 5.28. The summed E-state index contributed by atoms with van der Waals surface area (Å²) in [5, 5.41) is 20.7. The van der Waals surface area contributed by atoms with Crippen LogP contribution in [0.1, 0.15) is 32.1 Å². The van der Waals surface area contributed by atoms with E-state index in [4.69, 9.17) is 0 Å². The Hall–Kier alpha value is -2.96. The summed E-state index contributed by atoms with van der Waals surface area (Å²) < 4.78 is 29.3. The monoisotopic (exact) mass is 425 g/mol. The van der Waals surface area contributed by atoms with E-state index in [1.54, 1.807) is 12.1 Å². The standard InChI is InChI=1S/C24H25F2N3O2/c1-29(18-9-14-2-3-15(8-14)10-18)23-7-6-21(27-28-23)20-12-16-4-5-19(31-24(25)26)11-17(16)13-22(20)30/h4-7,11-15,18,24,30H,2-3,8-10H2,1H3/t14-,15+,18+. The van der Waals surface area contributed by atoms with Crippen LogP contribution in [0.3, 0.4) is 0 Å². The molecular formula is C24H25F2N3O2. The second-order valence-electron chi connectivity index (χ2n) is 8.81. The number of fused-ring (bicyclic) bond motifs is 3. The van der Waals surface area contributed by atoms with Crippen molar-refractivity contribution in [2.75, 3.05) is 11.9 Å². The average molecular weight is 425 g/mol. The Balaban J connectivity index is 1.38. The van der Waals surface area contributed by atoms with Gasteiger partial charge in [-0.25, -0.2) is 0 Å². The molecule has 1 aromatic heterocycles. The van der Waals surface area contributed by atoms with Gasteiger partial charge in [0.15, 0.2) is 5.82 Å². The number of hydrogen-bond donors (Lipinski definition) is 1. The van der Waals surface area contributed by atoms with Crippen molar-refractivity contribution < 1.29 is 18.6 Å². The van der Waals surface area contributed by atoms with Crippen LogP contribution in [0, 0.1) is 11.8 Å². The molecule has 1 heterocycles. The van der Waals surface area contributed by atoms with E-state index in [1.165, 1.54) is 50.3 Å². The zero-order valence-corrected chi connectivity index (χ0v) is 17.3. The van der Waals surface area contributed by atoms with Gasteiger partial charge in [-0.15, -0.1) is 10.2 Å². The van der Waals surface area contributed by atoms with E-state index in [-0.39, 0.29) is 11.5 Å². The average Bonchev–Trinajstić information content (AvgIpc) is 3.10. The van der Waals surface area contributed by atoms with E-state index in [2.05, 4.69) is 26.9 Å². The van der Waals surface area contributed by atoms with Gasteiger partial charge in [-0.05, 0) is 78.3 Å². The summed E-state index contributed by atoms with van der Waals surface area (Å²) in [6.45, 7) is -2.89. The van der Waals surface area contributed by atoms with E-state index in [0.29, 0.717) is 22.7 Å². The van der Waals surface area contributed by atoms with E-state index < -0.39 is 6.61 Å². The highest BCUT2D eigenvalue weighted by molar-refractivity contribution is 5.90. The first-order chi connectivity index (χ1) is 15.0. The third kappa shape index (κ3) is 4.01. The number of hydrogen-bond acceptors (Lipinski definition) is 5. The molecule has 3 atom stereocenters. The van der Waals surface area contributed by atoms with E-state index in [9.17, 15) is 13.9 Å². The van der Waals surface area contributed by atoms with E-state index >= 15 is 0 Å². The van der Waals surface area contributed by atoms with Crippen molar-refractivity contribution in [2.45, 2.75) is 44.8 Å². The third-order valence-corrected chi connectivity index (χ3v) is 6.85. The van der Waals surface area contributed by atoms with Gasteiger partial charge >= 0.3 is 6.61 Å². The molecule has 2 aliphatic rings. The number of alkyl halides is 2. The fraction of sp³-hybridized carbons (Fsp3) is 0.417. The number of ether oxygens (including phenoxy) is 1.